The van der Waals surface area contributed by atoms with E-state index in [2.05, 4.69) is 36.4 Å². The van der Waals surface area contributed by atoms with Gasteiger partial charge in [0, 0.05) is 49.8 Å². The Hall–Kier alpha value is -3.84. The third-order valence-electron chi connectivity index (χ3n) is 13.6. The molecule has 12 nitrogen and oxygen atoms in total. The summed E-state index contributed by atoms with van der Waals surface area (Å²) < 4.78 is 5.65. The number of carboxylic acid groups (broad SMARTS) is 1. The van der Waals surface area contributed by atoms with Crippen LogP contribution in [0.1, 0.15) is 122 Å². The van der Waals surface area contributed by atoms with Crippen LogP contribution in [0.25, 0.3) is 0 Å². The molecule has 1 heterocycles. The quantitative estimate of drug-likeness (QED) is 0.130. The number of hydrogen-bond acceptors (Lipinski definition) is 9. The predicted octanol–water partition coefficient (Wildman–Crippen LogP) is 6.50. The summed E-state index contributed by atoms with van der Waals surface area (Å²) >= 11 is 1.23. The van der Waals surface area contributed by atoms with E-state index in [0.717, 1.165) is 18.4 Å². The fraction of sp³-hybridized carbons (Fsp3) is 0.682. The third-order valence-corrected chi connectivity index (χ3v) is 14.5. The summed E-state index contributed by atoms with van der Waals surface area (Å²) in [6.07, 6.45) is 3.12. The Bertz CT molecular complexity index is 1700. The van der Waals surface area contributed by atoms with Crippen LogP contribution in [0.2, 0.25) is 0 Å². The minimum absolute atomic E-state index is 0.0573. The van der Waals surface area contributed by atoms with Crippen molar-refractivity contribution in [1.82, 2.24) is 20.5 Å². The van der Waals surface area contributed by atoms with Crippen LogP contribution in [-0.2, 0) is 30.3 Å². The second kappa shape index (κ2) is 18.8. The van der Waals surface area contributed by atoms with Gasteiger partial charge in [-0.3, -0.25) is 24.0 Å². The number of carboxylic acids is 1. The first-order valence-corrected chi connectivity index (χ1v) is 21.7. The molecule has 0 radical (unpaired) electrons. The highest BCUT2D eigenvalue weighted by atomic mass is 32.1. The second-order valence-electron chi connectivity index (χ2n) is 17.2. The number of aromatic nitrogens is 1. The Morgan fingerprint density at radius 1 is 1.02 bits per heavy atom. The summed E-state index contributed by atoms with van der Waals surface area (Å²) in [5.74, 6) is 0.986. The number of aliphatic carboxylic acids is 1. The minimum Gasteiger partial charge on any atom is -0.481 e. The summed E-state index contributed by atoms with van der Waals surface area (Å²) in [6.45, 7) is 17.7. The van der Waals surface area contributed by atoms with E-state index in [1.54, 1.807) is 24.3 Å². The molecule has 0 saturated heterocycles. The van der Waals surface area contributed by atoms with Crippen LogP contribution in [-0.4, -0.2) is 76.4 Å². The molecule has 8 unspecified atom stereocenters. The monoisotopic (exact) mass is 809 g/mol. The lowest BCUT2D eigenvalue weighted by Crippen LogP contribution is -2.93. The number of primary amides is 1. The van der Waals surface area contributed by atoms with E-state index in [1.165, 1.54) is 18.3 Å². The van der Waals surface area contributed by atoms with E-state index in [4.69, 9.17) is 10.5 Å². The van der Waals surface area contributed by atoms with E-state index in [0.29, 0.717) is 59.8 Å². The summed E-state index contributed by atoms with van der Waals surface area (Å²) in [5.41, 5.74) is 6.88. The van der Waals surface area contributed by atoms with Gasteiger partial charge in [0.05, 0.1) is 11.3 Å². The number of hydrogen-bond donors (Lipinski definition) is 4. The summed E-state index contributed by atoms with van der Waals surface area (Å²) in [4.78, 5) is 67.5. The van der Waals surface area contributed by atoms with Gasteiger partial charge in [-0.25, -0.2) is 4.98 Å². The summed E-state index contributed by atoms with van der Waals surface area (Å²) in [7, 11) is 3.84. The van der Waals surface area contributed by atoms with E-state index in [9.17, 15) is 29.1 Å². The van der Waals surface area contributed by atoms with Crippen LogP contribution in [0.5, 0.6) is 0 Å². The molecule has 0 aliphatic heterocycles. The lowest BCUT2D eigenvalue weighted by atomic mass is 9.17. The highest BCUT2D eigenvalue weighted by Crippen LogP contribution is 2.85. The Balaban J connectivity index is 0.000000347. The highest BCUT2D eigenvalue weighted by Gasteiger charge is 2.88. The van der Waals surface area contributed by atoms with Gasteiger partial charge >= 0.3 is 11.9 Å². The predicted molar refractivity (Wildman–Crippen MR) is 222 cm³/mol. The molecule has 2 aromatic rings. The van der Waals surface area contributed by atoms with Gasteiger partial charge in [-0.2, -0.15) is 0 Å². The SMILES string of the molecule is CC.CC(=O)OC(CC(C(C)C)N(C)C(=O)CC1CC1)c1nc(C(=O)NC(Cc2ccccc2)CC(C)C(=O)O)cs1.CNC1(C)C2C(C)C3(C(N)=O)C(C)C1C23. The first kappa shape index (κ1) is 45.9. The average molecular weight is 810 g/mol. The fourth-order valence-corrected chi connectivity index (χ4v) is 11.3. The molecule has 1 aromatic heterocycles. The molecule has 0 bridgehead atoms. The topological polar surface area (TPSA) is 181 Å². The molecule has 8 atom stereocenters. The number of rotatable bonds is 17. The maximum absolute atomic E-state index is 13.2. The molecule has 4 aliphatic carbocycles. The molecule has 13 heteroatoms. The first-order chi connectivity index (χ1) is 26.9. The zero-order valence-corrected chi connectivity index (χ0v) is 36.7. The van der Waals surface area contributed by atoms with Crippen molar-refractivity contribution in [2.75, 3.05) is 14.1 Å². The second-order valence-corrected chi connectivity index (χ2v) is 18.1. The minimum atomic E-state index is -0.923. The molecule has 4 fully saturated rings. The van der Waals surface area contributed by atoms with Gasteiger partial charge in [0.25, 0.3) is 5.91 Å². The average Bonchev–Trinajstić information content (AvgIpc) is 3.83. The van der Waals surface area contributed by atoms with Gasteiger partial charge in [-0.05, 0) is 86.6 Å². The number of nitrogens with two attached hydrogens (primary N) is 1. The zero-order chi connectivity index (χ0) is 42.6. The number of nitrogens with one attached hydrogen (secondary N) is 2. The van der Waals surface area contributed by atoms with Crippen molar-refractivity contribution >= 4 is 41.0 Å². The number of ether oxygens (including phenoxy) is 1. The van der Waals surface area contributed by atoms with Gasteiger partial charge in [-0.1, -0.05) is 78.8 Å². The van der Waals surface area contributed by atoms with Gasteiger partial charge in [0.2, 0.25) is 11.8 Å². The number of thiazole rings is 1. The normalized spacial score (nSPS) is 28.4. The number of esters is 1. The van der Waals surface area contributed by atoms with Crippen molar-refractivity contribution in [3.63, 3.8) is 0 Å². The van der Waals surface area contributed by atoms with Crippen LogP contribution in [0.15, 0.2) is 35.7 Å². The van der Waals surface area contributed by atoms with Crippen molar-refractivity contribution in [3.8, 4) is 0 Å². The maximum Gasteiger partial charge on any atom is 0.306 e. The molecule has 6 rings (SSSR count). The van der Waals surface area contributed by atoms with Gasteiger partial charge < -0.3 is 31.1 Å². The Morgan fingerprint density at radius 2 is 1.61 bits per heavy atom. The van der Waals surface area contributed by atoms with Crippen LogP contribution >= 0.6 is 11.3 Å². The van der Waals surface area contributed by atoms with Crippen LogP contribution in [0.4, 0.5) is 0 Å². The van der Waals surface area contributed by atoms with Gasteiger partial charge in [0.1, 0.15) is 10.7 Å². The van der Waals surface area contributed by atoms with Crippen molar-refractivity contribution in [2.24, 2.45) is 58.5 Å². The van der Waals surface area contributed by atoms with E-state index < -0.39 is 35.9 Å². The van der Waals surface area contributed by atoms with E-state index >= 15 is 0 Å². The Kier molecular flexibility index (Phi) is 15.1. The molecular formula is C44H67N5O7S. The molecular weight excluding hydrogens is 743 g/mol. The number of carbonyl (C=O) groups excluding carboxylic acids is 4. The molecule has 316 valence electrons. The molecule has 3 amide bonds. The molecule has 4 aliphatic rings. The lowest BCUT2D eigenvalue weighted by Gasteiger charge is -2.88. The zero-order valence-electron chi connectivity index (χ0n) is 35.8. The number of carbonyl (C=O) groups is 5. The van der Waals surface area contributed by atoms with Crippen molar-refractivity contribution < 1.29 is 33.8 Å². The molecule has 57 heavy (non-hydrogen) atoms. The highest BCUT2D eigenvalue weighted by molar-refractivity contribution is 7.09. The maximum atomic E-state index is 13.2. The molecule has 0 spiro atoms. The number of amides is 3. The summed E-state index contributed by atoms with van der Waals surface area (Å²) in [5, 5.41) is 17.9. The Labute approximate surface area is 343 Å². The smallest absolute Gasteiger partial charge is 0.306 e. The van der Waals surface area contributed by atoms with Crippen LogP contribution in [0.3, 0.4) is 0 Å². The molecule has 5 N–H and O–H groups in total. The first-order valence-electron chi connectivity index (χ1n) is 20.8. The van der Waals surface area contributed by atoms with Crippen molar-refractivity contribution in [3.05, 3.63) is 52.0 Å². The van der Waals surface area contributed by atoms with Crippen molar-refractivity contribution in [1.29, 1.82) is 0 Å². The van der Waals surface area contributed by atoms with Gasteiger partial charge in [-0.15, -0.1) is 11.3 Å². The summed E-state index contributed by atoms with van der Waals surface area (Å²) in [6, 6.07) is 8.99. The van der Waals surface area contributed by atoms with Crippen molar-refractivity contribution in [2.45, 2.75) is 125 Å². The van der Waals surface area contributed by atoms with Crippen LogP contribution in [0, 0.1) is 52.8 Å². The lowest BCUT2D eigenvalue weighted by molar-refractivity contribution is -0.380. The van der Waals surface area contributed by atoms with E-state index in [-0.39, 0.29) is 46.8 Å². The van der Waals surface area contributed by atoms with E-state index in [1.807, 2.05) is 65.1 Å². The largest absolute Gasteiger partial charge is 0.481 e. The Morgan fingerprint density at radius 3 is 2.09 bits per heavy atom. The van der Waals surface area contributed by atoms with Crippen LogP contribution < -0.4 is 16.4 Å². The number of nitrogens with zero attached hydrogens (tertiary/aromatic N) is 2. The molecule has 1 aromatic carbocycles. The standard InChI is InChI=1S/C30H41N3O6S.C12H20N2O.C2H6/c1-18(2)25(33(5)27(35)15-22-11-12-22)16-26(39-20(4)34)29-32-24(17-40-29)28(36)31-23(13-19(3)30(37)38)14-21-9-7-6-8-10-21;1-5-7-9-8(11(7,3)14-4)6(2)12(5,9)10(13)15;1-2/h6-10,17-19,22-23,25-26H,11-16H2,1-5H3,(H,31,36)(H,37,38);5-9,14H,1-4H3,(H2,13,15);1-2H3. The number of benzene rings is 1. The third kappa shape index (κ3) is 9.24. The van der Waals surface area contributed by atoms with Gasteiger partial charge in [0.15, 0.2) is 6.10 Å². The molecule has 4 saturated carbocycles. The fourth-order valence-electron chi connectivity index (χ4n) is 10.5.